The average molecular weight is 383 g/mol. The molecule has 2 fully saturated rings. The Kier molecular flexibility index (Phi) is 5.25. The van der Waals surface area contributed by atoms with Gasteiger partial charge in [0, 0.05) is 0 Å². The fraction of sp³-hybridized carbons (Fsp3) is 0.478. The molecule has 4 rings (SSSR count). The standard InChI is InChI=1S/C23H30O3Si/c1-23(2,3)27(19-10-6-4-7-11-19,20-12-8-5-9-13-20)25-17-22-21(26-22)15-14-18-16-24-18/h4-13,18,21-22H,14-17H2,1-3H3/t18-,21-,22+/m1/s1. The number of epoxide rings is 2. The van der Waals surface area contributed by atoms with Gasteiger partial charge >= 0.3 is 0 Å². The Morgan fingerprint density at radius 1 is 0.889 bits per heavy atom. The summed E-state index contributed by atoms with van der Waals surface area (Å²) in [5, 5.41) is 2.67. The van der Waals surface area contributed by atoms with E-state index < -0.39 is 8.32 Å². The van der Waals surface area contributed by atoms with E-state index in [9.17, 15) is 0 Å². The first kappa shape index (κ1) is 18.9. The van der Waals surface area contributed by atoms with Crippen LogP contribution in [0.5, 0.6) is 0 Å². The molecule has 0 spiro atoms. The van der Waals surface area contributed by atoms with E-state index >= 15 is 0 Å². The minimum atomic E-state index is -2.44. The van der Waals surface area contributed by atoms with Gasteiger partial charge in [0.25, 0.3) is 8.32 Å². The zero-order chi connectivity index (χ0) is 18.9. The zero-order valence-electron chi connectivity index (χ0n) is 16.6. The Balaban J connectivity index is 1.58. The second kappa shape index (κ2) is 7.51. The molecule has 0 bridgehead atoms. The minimum Gasteiger partial charge on any atom is -0.405 e. The van der Waals surface area contributed by atoms with Crippen LogP contribution in [0.4, 0.5) is 0 Å². The van der Waals surface area contributed by atoms with Crippen molar-refractivity contribution in [1.82, 2.24) is 0 Å². The molecule has 4 heteroatoms. The maximum atomic E-state index is 6.93. The third-order valence-electron chi connectivity index (χ3n) is 5.74. The molecule has 2 aliphatic rings. The van der Waals surface area contributed by atoms with Crippen LogP contribution < -0.4 is 10.4 Å². The molecule has 27 heavy (non-hydrogen) atoms. The third kappa shape index (κ3) is 4.04. The van der Waals surface area contributed by atoms with Crippen LogP contribution in [-0.2, 0) is 13.9 Å². The van der Waals surface area contributed by atoms with Crippen molar-refractivity contribution >= 4 is 18.7 Å². The first-order chi connectivity index (χ1) is 13.0. The van der Waals surface area contributed by atoms with Crippen LogP contribution in [0.25, 0.3) is 0 Å². The van der Waals surface area contributed by atoms with Gasteiger partial charge in [-0.05, 0) is 28.3 Å². The van der Waals surface area contributed by atoms with Crippen LogP contribution in [0.1, 0.15) is 33.6 Å². The van der Waals surface area contributed by atoms with E-state index in [4.69, 9.17) is 13.9 Å². The Labute approximate surface area is 163 Å². The molecule has 2 saturated heterocycles. The van der Waals surface area contributed by atoms with Crippen molar-refractivity contribution in [2.45, 2.75) is 57.0 Å². The SMILES string of the molecule is CC(C)(C)[Si](OC[C@@H]1O[C@@H]1CC[C@@H]1CO1)(c1ccccc1)c1ccccc1. The summed E-state index contributed by atoms with van der Waals surface area (Å²) in [4.78, 5) is 0. The summed E-state index contributed by atoms with van der Waals surface area (Å²) >= 11 is 0. The van der Waals surface area contributed by atoms with E-state index in [0.29, 0.717) is 18.8 Å². The van der Waals surface area contributed by atoms with Crippen LogP contribution in [0.15, 0.2) is 60.7 Å². The highest BCUT2D eigenvalue weighted by molar-refractivity contribution is 6.99. The predicted molar refractivity (Wildman–Crippen MR) is 111 cm³/mol. The lowest BCUT2D eigenvalue weighted by Crippen LogP contribution is -2.66. The molecule has 0 saturated carbocycles. The van der Waals surface area contributed by atoms with Gasteiger partial charge in [-0.15, -0.1) is 0 Å². The molecular weight excluding hydrogens is 352 g/mol. The predicted octanol–water partition coefficient (Wildman–Crippen LogP) is 3.51. The van der Waals surface area contributed by atoms with E-state index in [1.165, 1.54) is 10.4 Å². The number of ether oxygens (including phenoxy) is 2. The van der Waals surface area contributed by atoms with Gasteiger partial charge in [0.15, 0.2) is 0 Å². The molecule has 0 aliphatic carbocycles. The van der Waals surface area contributed by atoms with E-state index in [1.54, 1.807) is 0 Å². The van der Waals surface area contributed by atoms with Gasteiger partial charge < -0.3 is 13.9 Å². The number of rotatable bonds is 8. The summed E-state index contributed by atoms with van der Waals surface area (Å²) < 4.78 is 18.2. The molecule has 2 heterocycles. The van der Waals surface area contributed by atoms with Crippen molar-refractivity contribution in [3.05, 3.63) is 60.7 Å². The summed E-state index contributed by atoms with van der Waals surface area (Å²) in [7, 11) is -2.44. The van der Waals surface area contributed by atoms with E-state index in [-0.39, 0.29) is 11.1 Å². The van der Waals surface area contributed by atoms with Crippen LogP contribution in [0.3, 0.4) is 0 Å². The lowest BCUT2D eigenvalue weighted by Gasteiger charge is -2.43. The van der Waals surface area contributed by atoms with Crippen LogP contribution in [0, 0.1) is 0 Å². The highest BCUT2D eigenvalue weighted by atomic mass is 28.4. The van der Waals surface area contributed by atoms with Crippen LogP contribution >= 0.6 is 0 Å². The largest absolute Gasteiger partial charge is 0.405 e. The highest BCUT2D eigenvalue weighted by Gasteiger charge is 2.52. The number of benzene rings is 2. The molecule has 0 radical (unpaired) electrons. The van der Waals surface area contributed by atoms with E-state index in [1.807, 2.05) is 0 Å². The van der Waals surface area contributed by atoms with Gasteiger partial charge in [0.1, 0.15) is 6.10 Å². The summed E-state index contributed by atoms with van der Waals surface area (Å²) in [6, 6.07) is 21.6. The van der Waals surface area contributed by atoms with Crippen LogP contribution in [-0.4, -0.2) is 39.8 Å². The third-order valence-corrected chi connectivity index (χ3v) is 10.7. The molecule has 3 atom stereocenters. The van der Waals surface area contributed by atoms with Crippen molar-refractivity contribution in [2.75, 3.05) is 13.2 Å². The monoisotopic (exact) mass is 382 g/mol. The van der Waals surface area contributed by atoms with Gasteiger partial charge in [0.2, 0.25) is 0 Å². The molecule has 144 valence electrons. The van der Waals surface area contributed by atoms with E-state index in [2.05, 4.69) is 81.4 Å². The van der Waals surface area contributed by atoms with Gasteiger partial charge in [-0.2, -0.15) is 0 Å². The van der Waals surface area contributed by atoms with Gasteiger partial charge in [-0.1, -0.05) is 81.4 Å². The molecule has 0 aromatic heterocycles. The Bertz CT molecular complexity index is 698. The zero-order valence-corrected chi connectivity index (χ0v) is 17.6. The smallest absolute Gasteiger partial charge is 0.261 e. The molecule has 3 nitrogen and oxygen atoms in total. The second-order valence-corrected chi connectivity index (χ2v) is 13.0. The van der Waals surface area contributed by atoms with Gasteiger partial charge in [-0.3, -0.25) is 0 Å². The first-order valence-corrected chi connectivity index (χ1v) is 11.9. The lowest BCUT2D eigenvalue weighted by atomic mass is 10.2. The average Bonchev–Trinajstić information content (AvgIpc) is 3.57. The summed E-state index contributed by atoms with van der Waals surface area (Å²) in [6.45, 7) is 8.54. The Morgan fingerprint density at radius 3 is 1.93 bits per heavy atom. The summed E-state index contributed by atoms with van der Waals surface area (Å²) in [6.07, 6.45) is 3.24. The van der Waals surface area contributed by atoms with Crippen molar-refractivity contribution in [3.63, 3.8) is 0 Å². The lowest BCUT2D eigenvalue weighted by molar-refractivity contribution is 0.247. The van der Waals surface area contributed by atoms with Crippen LogP contribution in [0.2, 0.25) is 5.04 Å². The number of hydrogen-bond acceptors (Lipinski definition) is 3. The maximum Gasteiger partial charge on any atom is 0.261 e. The molecule has 0 amide bonds. The normalized spacial score (nSPS) is 24.6. The van der Waals surface area contributed by atoms with Gasteiger partial charge in [0.05, 0.1) is 25.4 Å². The molecular formula is C23H30O3Si. The quantitative estimate of drug-likeness (QED) is 0.518. The first-order valence-electron chi connectivity index (χ1n) is 10.0. The minimum absolute atomic E-state index is 0.0158. The molecule has 2 aromatic rings. The molecule has 2 aromatic carbocycles. The van der Waals surface area contributed by atoms with Gasteiger partial charge in [-0.25, -0.2) is 0 Å². The Morgan fingerprint density at radius 2 is 1.44 bits per heavy atom. The van der Waals surface area contributed by atoms with Crippen molar-refractivity contribution in [3.8, 4) is 0 Å². The summed E-state index contributed by atoms with van der Waals surface area (Å²) in [5.74, 6) is 0. The van der Waals surface area contributed by atoms with Crippen molar-refractivity contribution < 1.29 is 13.9 Å². The number of hydrogen-bond donors (Lipinski definition) is 0. The summed E-state index contributed by atoms with van der Waals surface area (Å²) in [5.41, 5.74) is 0. The topological polar surface area (TPSA) is 34.3 Å². The fourth-order valence-electron chi connectivity index (χ4n) is 4.13. The van der Waals surface area contributed by atoms with E-state index in [0.717, 1.165) is 19.4 Å². The molecule has 0 N–H and O–H groups in total. The molecule has 0 unspecified atom stereocenters. The molecule has 2 aliphatic heterocycles. The van der Waals surface area contributed by atoms with Crippen molar-refractivity contribution in [2.24, 2.45) is 0 Å². The second-order valence-electron chi connectivity index (χ2n) is 8.72. The highest BCUT2D eigenvalue weighted by Crippen LogP contribution is 2.38. The Hall–Kier alpha value is -1.46. The maximum absolute atomic E-state index is 6.93. The van der Waals surface area contributed by atoms with Crippen molar-refractivity contribution in [1.29, 1.82) is 0 Å². The fourth-order valence-corrected chi connectivity index (χ4v) is 8.70.